The number of amides is 1. The van der Waals surface area contributed by atoms with E-state index in [0.29, 0.717) is 36.1 Å². The Morgan fingerprint density at radius 1 is 1.07 bits per heavy atom. The average molecular weight is 406 g/mol. The van der Waals surface area contributed by atoms with Crippen LogP contribution in [-0.4, -0.2) is 55.5 Å². The van der Waals surface area contributed by atoms with Crippen molar-refractivity contribution in [1.82, 2.24) is 29.5 Å². The SMILES string of the molecule is CN1Cc2c(-c3noc(CN4CCCCCCC4)n3)ncn2-c2ccccc2C1=O. The maximum Gasteiger partial charge on any atom is 0.256 e. The number of fused-ring (bicyclic) bond motifs is 3. The lowest BCUT2D eigenvalue weighted by Gasteiger charge is -2.22. The second-order valence-electron chi connectivity index (χ2n) is 8.14. The minimum absolute atomic E-state index is 0.00821. The van der Waals surface area contributed by atoms with Crippen molar-refractivity contribution in [2.24, 2.45) is 0 Å². The summed E-state index contributed by atoms with van der Waals surface area (Å²) in [5.41, 5.74) is 3.03. The Balaban J connectivity index is 1.44. The first kappa shape index (κ1) is 19.0. The van der Waals surface area contributed by atoms with E-state index in [4.69, 9.17) is 4.52 Å². The monoisotopic (exact) mass is 406 g/mol. The van der Waals surface area contributed by atoms with Crippen molar-refractivity contribution < 1.29 is 9.32 Å². The molecule has 156 valence electrons. The van der Waals surface area contributed by atoms with Crippen molar-refractivity contribution in [2.45, 2.75) is 45.2 Å². The summed E-state index contributed by atoms with van der Waals surface area (Å²) < 4.78 is 7.53. The molecule has 2 aliphatic rings. The number of hydrogen-bond donors (Lipinski definition) is 0. The molecule has 0 radical (unpaired) electrons. The molecule has 0 saturated carbocycles. The molecule has 1 fully saturated rings. The fraction of sp³-hybridized carbons (Fsp3) is 0.455. The second kappa shape index (κ2) is 8.02. The Labute approximate surface area is 175 Å². The third-order valence-electron chi connectivity index (χ3n) is 5.98. The third-order valence-corrected chi connectivity index (χ3v) is 5.98. The molecule has 1 saturated heterocycles. The number of carbonyl (C=O) groups is 1. The third kappa shape index (κ3) is 3.52. The van der Waals surface area contributed by atoms with Gasteiger partial charge in [-0.15, -0.1) is 0 Å². The van der Waals surface area contributed by atoms with E-state index in [1.807, 2.05) is 28.8 Å². The number of likely N-dealkylation sites (tertiary alicyclic amines) is 1. The molecule has 5 rings (SSSR count). The van der Waals surface area contributed by atoms with E-state index >= 15 is 0 Å². The molecule has 0 bridgehead atoms. The highest BCUT2D eigenvalue weighted by Crippen LogP contribution is 2.29. The summed E-state index contributed by atoms with van der Waals surface area (Å²) in [6.45, 7) is 3.24. The molecule has 0 spiro atoms. The number of carbonyl (C=O) groups excluding carboxylic acids is 1. The zero-order valence-electron chi connectivity index (χ0n) is 17.3. The predicted octanol–water partition coefficient (Wildman–Crippen LogP) is 3.27. The van der Waals surface area contributed by atoms with Gasteiger partial charge >= 0.3 is 0 Å². The van der Waals surface area contributed by atoms with Gasteiger partial charge in [0, 0.05) is 7.05 Å². The molecule has 0 aliphatic carbocycles. The number of rotatable bonds is 3. The molecule has 3 aromatic rings. The van der Waals surface area contributed by atoms with Crippen LogP contribution in [0.5, 0.6) is 0 Å². The van der Waals surface area contributed by atoms with Crippen LogP contribution in [-0.2, 0) is 13.1 Å². The lowest BCUT2D eigenvalue weighted by molar-refractivity contribution is 0.0788. The fourth-order valence-corrected chi connectivity index (χ4v) is 4.36. The Morgan fingerprint density at radius 2 is 1.83 bits per heavy atom. The summed E-state index contributed by atoms with van der Waals surface area (Å²) in [7, 11) is 1.80. The molecule has 1 amide bonds. The highest BCUT2D eigenvalue weighted by Gasteiger charge is 2.28. The van der Waals surface area contributed by atoms with E-state index in [2.05, 4.69) is 20.0 Å². The van der Waals surface area contributed by atoms with E-state index < -0.39 is 0 Å². The van der Waals surface area contributed by atoms with Gasteiger partial charge in [-0.3, -0.25) is 14.3 Å². The summed E-state index contributed by atoms with van der Waals surface area (Å²) in [6.07, 6.45) is 8.10. The maximum absolute atomic E-state index is 12.8. The van der Waals surface area contributed by atoms with Crippen LogP contribution in [0, 0.1) is 0 Å². The molecular formula is C22H26N6O2. The zero-order chi connectivity index (χ0) is 20.5. The van der Waals surface area contributed by atoms with Crippen LogP contribution in [0.25, 0.3) is 17.2 Å². The van der Waals surface area contributed by atoms with Gasteiger partial charge in [0.1, 0.15) is 12.0 Å². The van der Waals surface area contributed by atoms with Gasteiger partial charge in [-0.1, -0.05) is 36.6 Å². The van der Waals surface area contributed by atoms with Crippen molar-refractivity contribution in [3.63, 3.8) is 0 Å². The van der Waals surface area contributed by atoms with E-state index in [-0.39, 0.29) is 5.91 Å². The second-order valence-corrected chi connectivity index (χ2v) is 8.14. The lowest BCUT2D eigenvalue weighted by Crippen LogP contribution is -2.27. The zero-order valence-corrected chi connectivity index (χ0v) is 17.3. The molecule has 30 heavy (non-hydrogen) atoms. The molecule has 0 atom stereocenters. The van der Waals surface area contributed by atoms with E-state index in [0.717, 1.165) is 24.5 Å². The smallest absolute Gasteiger partial charge is 0.256 e. The molecule has 0 N–H and O–H groups in total. The van der Waals surface area contributed by atoms with Crippen molar-refractivity contribution in [2.75, 3.05) is 20.1 Å². The average Bonchev–Trinajstić information content (AvgIpc) is 3.34. The van der Waals surface area contributed by atoms with Crippen LogP contribution in [0.1, 0.15) is 54.0 Å². The van der Waals surface area contributed by atoms with Gasteiger partial charge in [-0.25, -0.2) is 4.98 Å². The minimum Gasteiger partial charge on any atom is -0.337 e. The number of aromatic nitrogens is 4. The van der Waals surface area contributed by atoms with Gasteiger partial charge < -0.3 is 9.42 Å². The minimum atomic E-state index is -0.00821. The van der Waals surface area contributed by atoms with E-state index in [1.54, 1.807) is 18.3 Å². The van der Waals surface area contributed by atoms with Crippen molar-refractivity contribution in [1.29, 1.82) is 0 Å². The number of para-hydroxylation sites is 1. The number of benzene rings is 1. The van der Waals surface area contributed by atoms with Crippen molar-refractivity contribution in [3.05, 3.63) is 47.7 Å². The molecule has 8 heteroatoms. The highest BCUT2D eigenvalue weighted by atomic mass is 16.5. The predicted molar refractivity (Wildman–Crippen MR) is 111 cm³/mol. The Kier molecular flexibility index (Phi) is 5.08. The van der Waals surface area contributed by atoms with Gasteiger partial charge in [0.05, 0.1) is 30.0 Å². The molecule has 8 nitrogen and oxygen atoms in total. The van der Waals surface area contributed by atoms with Gasteiger partial charge in [-0.05, 0) is 38.1 Å². The first-order chi connectivity index (χ1) is 14.7. The van der Waals surface area contributed by atoms with Crippen molar-refractivity contribution >= 4 is 5.91 Å². The molecule has 2 aliphatic heterocycles. The summed E-state index contributed by atoms with van der Waals surface area (Å²) >= 11 is 0. The maximum atomic E-state index is 12.8. The molecule has 1 aromatic carbocycles. The van der Waals surface area contributed by atoms with E-state index in [1.165, 1.54) is 32.1 Å². The van der Waals surface area contributed by atoms with Crippen LogP contribution in [0.2, 0.25) is 0 Å². The molecular weight excluding hydrogens is 380 g/mol. The Morgan fingerprint density at radius 3 is 2.67 bits per heavy atom. The quantitative estimate of drug-likeness (QED) is 0.664. The van der Waals surface area contributed by atoms with Gasteiger partial charge in [0.15, 0.2) is 0 Å². The van der Waals surface area contributed by atoms with E-state index in [9.17, 15) is 4.79 Å². The topological polar surface area (TPSA) is 80.3 Å². The van der Waals surface area contributed by atoms with Crippen LogP contribution in [0.15, 0.2) is 35.1 Å². The van der Waals surface area contributed by atoms with Crippen LogP contribution in [0.3, 0.4) is 0 Å². The van der Waals surface area contributed by atoms with Gasteiger partial charge in [0.25, 0.3) is 5.91 Å². The lowest BCUT2D eigenvalue weighted by atomic mass is 10.1. The largest absolute Gasteiger partial charge is 0.337 e. The summed E-state index contributed by atoms with van der Waals surface area (Å²) in [5.74, 6) is 1.09. The number of hydrogen-bond acceptors (Lipinski definition) is 6. The first-order valence-electron chi connectivity index (χ1n) is 10.7. The number of nitrogens with zero attached hydrogens (tertiary/aromatic N) is 6. The highest BCUT2D eigenvalue weighted by molar-refractivity contribution is 5.98. The standard InChI is InChI=1S/C22H26N6O2/c1-26-13-18-20(23-15-28(18)17-10-6-5-9-16(17)22(26)29)21-24-19(30-25-21)14-27-11-7-3-2-4-8-12-27/h5-6,9-10,15H,2-4,7-8,11-14H2,1H3. The molecule has 4 heterocycles. The Hall–Kier alpha value is -3.00. The molecule has 0 unspecified atom stereocenters. The van der Waals surface area contributed by atoms with Crippen LogP contribution in [0.4, 0.5) is 0 Å². The fourth-order valence-electron chi connectivity index (χ4n) is 4.36. The summed E-state index contributed by atoms with van der Waals surface area (Å²) in [5, 5.41) is 4.21. The Bertz CT molecular complexity index is 1050. The normalized spacial score (nSPS) is 17.8. The van der Waals surface area contributed by atoms with Crippen LogP contribution >= 0.6 is 0 Å². The van der Waals surface area contributed by atoms with Crippen LogP contribution < -0.4 is 0 Å². The van der Waals surface area contributed by atoms with Gasteiger partial charge in [-0.2, -0.15) is 4.98 Å². The van der Waals surface area contributed by atoms with Crippen molar-refractivity contribution in [3.8, 4) is 17.2 Å². The molecule has 2 aromatic heterocycles. The first-order valence-corrected chi connectivity index (χ1v) is 10.7. The summed E-state index contributed by atoms with van der Waals surface area (Å²) in [4.78, 5) is 26.1. The summed E-state index contributed by atoms with van der Waals surface area (Å²) in [6, 6.07) is 7.59. The number of imidazole rings is 1. The van der Waals surface area contributed by atoms with Gasteiger partial charge in [0.2, 0.25) is 11.7 Å².